The van der Waals surface area contributed by atoms with Gasteiger partial charge in [-0.05, 0) is 30.7 Å². The van der Waals surface area contributed by atoms with E-state index < -0.39 is 0 Å². The summed E-state index contributed by atoms with van der Waals surface area (Å²) in [6, 6.07) is 10.0. The molecular formula is C17H24N2O2. The number of likely N-dealkylation sites (tertiary alicyclic amines) is 1. The molecule has 4 heteroatoms. The lowest BCUT2D eigenvalue weighted by Crippen LogP contribution is -2.39. The maximum atomic E-state index is 12.7. The number of carbonyl (C=O) groups excluding carboxylic acids is 1. The minimum atomic E-state index is -0.224. The maximum Gasteiger partial charge on any atom is 0.227 e. The second kappa shape index (κ2) is 6.16. The Kier molecular flexibility index (Phi) is 4.27. The third-order valence-corrected chi connectivity index (χ3v) is 5.09. The smallest absolute Gasteiger partial charge is 0.227 e. The predicted molar refractivity (Wildman–Crippen MR) is 81.5 cm³/mol. The van der Waals surface area contributed by atoms with Gasteiger partial charge in [0.2, 0.25) is 5.91 Å². The lowest BCUT2D eigenvalue weighted by atomic mass is 9.98. The molecule has 2 aliphatic rings. The molecule has 1 aromatic carbocycles. The van der Waals surface area contributed by atoms with Crippen LogP contribution in [0.2, 0.25) is 0 Å². The van der Waals surface area contributed by atoms with Crippen molar-refractivity contribution in [2.75, 3.05) is 19.6 Å². The van der Waals surface area contributed by atoms with E-state index in [2.05, 4.69) is 0 Å². The van der Waals surface area contributed by atoms with Gasteiger partial charge in [0, 0.05) is 25.6 Å². The van der Waals surface area contributed by atoms with E-state index in [1.54, 1.807) is 0 Å². The fourth-order valence-electron chi connectivity index (χ4n) is 3.84. The average Bonchev–Trinajstić information content (AvgIpc) is 3.08. The molecule has 3 N–H and O–H groups in total. The maximum absolute atomic E-state index is 12.7. The Labute approximate surface area is 125 Å². The molecule has 2 fully saturated rings. The molecule has 1 aliphatic carbocycles. The van der Waals surface area contributed by atoms with Crippen LogP contribution >= 0.6 is 0 Å². The Balaban J connectivity index is 1.63. The topological polar surface area (TPSA) is 66.6 Å². The molecule has 0 bridgehead atoms. The van der Waals surface area contributed by atoms with E-state index in [1.807, 2.05) is 35.2 Å². The number of aliphatic hydroxyl groups is 1. The minimum Gasteiger partial charge on any atom is -0.393 e. The predicted octanol–water partition coefficient (Wildman–Crippen LogP) is 1.03. The molecule has 1 amide bonds. The third kappa shape index (κ3) is 2.97. The normalized spacial score (nSPS) is 29.4. The highest BCUT2D eigenvalue weighted by atomic mass is 16.3. The molecule has 4 unspecified atom stereocenters. The van der Waals surface area contributed by atoms with E-state index >= 15 is 0 Å². The van der Waals surface area contributed by atoms with Gasteiger partial charge in [-0.15, -0.1) is 0 Å². The van der Waals surface area contributed by atoms with Crippen LogP contribution in [-0.2, 0) is 11.2 Å². The van der Waals surface area contributed by atoms with E-state index in [4.69, 9.17) is 5.73 Å². The number of rotatable bonds is 4. The zero-order valence-electron chi connectivity index (χ0n) is 12.3. The summed E-state index contributed by atoms with van der Waals surface area (Å²) in [7, 11) is 0. The van der Waals surface area contributed by atoms with Crippen LogP contribution in [0.5, 0.6) is 0 Å². The van der Waals surface area contributed by atoms with Crippen molar-refractivity contribution in [3.63, 3.8) is 0 Å². The van der Waals surface area contributed by atoms with Crippen molar-refractivity contribution in [3.8, 4) is 0 Å². The standard InChI is InChI=1S/C17H24N2O2/c18-9-14(8-12-4-2-1-3-5-12)17(21)19-10-13-6-7-16(20)15(13)11-19/h1-5,13-16,20H,6-11,18H2. The number of nitrogens with two attached hydrogens (primary N) is 1. The van der Waals surface area contributed by atoms with Crippen LogP contribution in [0.1, 0.15) is 18.4 Å². The van der Waals surface area contributed by atoms with Crippen LogP contribution in [0.15, 0.2) is 30.3 Å². The Bertz CT molecular complexity index is 491. The van der Waals surface area contributed by atoms with Gasteiger partial charge < -0.3 is 15.7 Å². The highest BCUT2D eigenvalue weighted by Gasteiger charge is 2.44. The first kappa shape index (κ1) is 14.5. The molecule has 0 radical (unpaired) electrons. The molecule has 1 saturated heterocycles. The summed E-state index contributed by atoms with van der Waals surface area (Å²) in [6.07, 6.45) is 2.41. The number of aliphatic hydroxyl groups excluding tert-OH is 1. The molecule has 4 nitrogen and oxygen atoms in total. The summed E-state index contributed by atoms with van der Waals surface area (Å²) in [4.78, 5) is 14.6. The molecule has 1 aliphatic heterocycles. The summed E-state index contributed by atoms with van der Waals surface area (Å²) in [5.74, 6) is 0.773. The van der Waals surface area contributed by atoms with Gasteiger partial charge in [0.05, 0.1) is 12.0 Å². The Morgan fingerprint density at radius 3 is 2.71 bits per heavy atom. The van der Waals surface area contributed by atoms with Crippen LogP contribution in [0.25, 0.3) is 0 Å². The lowest BCUT2D eigenvalue weighted by Gasteiger charge is -2.24. The molecule has 0 aromatic heterocycles. The SMILES string of the molecule is NCC(Cc1ccccc1)C(=O)N1CC2CCC(O)C2C1. The van der Waals surface area contributed by atoms with Crippen molar-refractivity contribution in [2.45, 2.75) is 25.4 Å². The molecule has 21 heavy (non-hydrogen) atoms. The first-order valence-electron chi connectivity index (χ1n) is 7.90. The summed E-state index contributed by atoms with van der Waals surface area (Å²) < 4.78 is 0. The first-order valence-corrected chi connectivity index (χ1v) is 7.90. The molecular weight excluding hydrogens is 264 g/mol. The van der Waals surface area contributed by atoms with Gasteiger partial charge in [-0.25, -0.2) is 0 Å². The minimum absolute atomic E-state index is 0.150. The van der Waals surface area contributed by atoms with Gasteiger partial charge in [0.1, 0.15) is 0 Å². The number of carbonyl (C=O) groups is 1. The zero-order chi connectivity index (χ0) is 14.8. The fraction of sp³-hybridized carbons (Fsp3) is 0.588. The molecule has 1 aromatic rings. The number of benzene rings is 1. The molecule has 4 atom stereocenters. The van der Waals surface area contributed by atoms with Crippen LogP contribution in [0.3, 0.4) is 0 Å². The second-order valence-corrected chi connectivity index (χ2v) is 6.43. The van der Waals surface area contributed by atoms with E-state index in [0.29, 0.717) is 25.4 Å². The third-order valence-electron chi connectivity index (χ3n) is 5.09. The Morgan fingerprint density at radius 1 is 1.29 bits per heavy atom. The van der Waals surface area contributed by atoms with E-state index in [0.717, 1.165) is 24.9 Å². The zero-order valence-corrected chi connectivity index (χ0v) is 12.3. The van der Waals surface area contributed by atoms with Crippen LogP contribution in [0.4, 0.5) is 0 Å². The van der Waals surface area contributed by atoms with Gasteiger partial charge in [0.25, 0.3) is 0 Å². The average molecular weight is 288 g/mol. The molecule has 1 saturated carbocycles. The van der Waals surface area contributed by atoms with Crippen LogP contribution < -0.4 is 5.73 Å². The number of amides is 1. The quantitative estimate of drug-likeness (QED) is 0.870. The van der Waals surface area contributed by atoms with Gasteiger partial charge in [-0.2, -0.15) is 0 Å². The summed E-state index contributed by atoms with van der Waals surface area (Å²) >= 11 is 0. The van der Waals surface area contributed by atoms with Gasteiger partial charge in [-0.3, -0.25) is 4.79 Å². The van der Waals surface area contributed by atoms with Crippen LogP contribution in [-0.4, -0.2) is 41.7 Å². The van der Waals surface area contributed by atoms with E-state index in [9.17, 15) is 9.90 Å². The second-order valence-electron chi connectivity index (χ2n) is 6.43. The number of hydrogen-bond acceptors (Lipinski definition) is 3. The Morgan fingerprint density at radius 2 is 2.05 bits per heavy atom. The van der Waals surface area contributed by atoms with Gasteiger partial charge >= 0.3 is 0 Å². The van der Waals surface area contributed by atoms with Crippen molar-refractivity contribution in [3.05, 3.63) is 35.9 Å². The number of fused-ring (bicyclic) bond motifs is 1. The highest BCUT2D eigenvalue weighted by molar-refractivity contribution is 5.79. The molecule has 114 valence electrons. The summed E-state index contributed by atoms with van der Waals surface area (Å²) in [5, 5.41) is 9.97. The van der Waals surface area contributed by atoms with Crippen molar-refractivity contribution in [2.24, 2.45) is 23.5 Å². The van der Waals surface area contributed by atoms with Crippen molar-refractivity contribution < 1.29 is 9.90 Å². The highest BCUT2D eigenvalue weighted by Crippen LogP contribution is 2.38. The largest absolute Gasteiger partial charge is 0.393 e. The van der Waals surface area contributed by atoms with E-state index in [-0.39, 0.29) is 23.8 Å². The summed E-state index contributed by atoms with van der Waals surface area (Å²) in [6.45, 7) is 1.88. The lowest BCUT2D eigenvalue weighted by molar-refractivity contribution is -0.134. The van der Waals surface area contributed by atoms with Crippen molar-refractivity contribution in [1.29, 1.82) is 0 Å². The number of nitrogens with zero attached hydrogens (tertiary/aromatic N) is 1. The molecule has 3 rings (SSSR count). The first-order chi connectivity index (χ1) is 10.2. The van der Waals surface area contributed by atoms with Crippen LogP contribution in [0, 0.1) is 17.8 Å². The van der Waals surface area contributed by atoms with Gasteiger partial charge in [0.15, 0.2) is 0 Å². The fourth-order valence-corrected chi connectivity index (χ4v) is 3.84. The summed E-state index contributed by atoms with van der Waals surface area (Å²) in [5.41, 5.74) is 6.99. The monoisotopic (exact) mass is 288 g/mol. The molecule has 1 heterocycles. The number of hydrogen-bond donors (Lipinski definition) is 2. The van der Waals surface area contributed by atoms with E-state index in [1.165, 1.54) is 0 Å². The Hall–Kier alpha value is -1.39. The van der Waals surface area contributed by atoms with Gasteiger partial charge in [-0.1, -0.05) is 30.3 Å². The van der Waals surface area contributed by atoms with Crippen molar-refractivity contribution in [1.82, 2.24) is 4.90 Å². The van der Waals surface area contributed by atoms with Crippen molar-refractivity contribution >= 4 is 5.91 Å². The molecule has 0 spiro atoms.